The van der Waals surface area contributed by atoms with E-state index >= 15 is 0 Å². The van der Waals surface area contributed by atoms with E-state index < -0.39 is 0 Å². The number of hydrogen-bond acceptors (Lipinski definition) is 0. The van der Waals surface area contributed by atoms with Crippen LogP contribution in [0.3, 0.4) is 0 Å². The first-order valence-electron chi connectivity index (χ1n) is 7.62. The van der Waals surface area contributed by atoms with Crippen LogP contribution in [0.15, 0.2) is 0 Å². The van der Waals surface area contributed by atoms with Crippen LogP contribution in [0.25, 0.3) is 0 Å². The Hall–Kier alpha value is 0.558. The van der Waals surface area contributed by atoms with Crippen LogP contribution in [0.1, 0.15) is 92.9 Å². The van der Waals surface area contributed by atoms with Crippen molar-refractivity contribution in [3.8, 4) is 0 Å². The molecule has 0 fully saturated rings. The molecule has 0 rings (SSSR count). The van der Waals surface area contributed by atoms with E-state index in [0.717, 1.165) is 0 Å². The summed E-state index contributed by atoms with van der Waals surface area (Å²) in [4.78, 5) is 0. The molecule has 104 valence electrons. The van der Waals surface area contributed by atoms with Gasteiger partial charge in [0.2, 0.25) is 0 Å². The first kappa shape index (κ1) is 17.6. The Balaban J connectivity index is 3.99. The fourth-order valence-corrected chi connectivity index (χ4v) is 7.79. The Morgan fingerprint density at radius 3 is 1.29 bits per heavy atom. The van der Waals surface area contributed by atoms with Gasteiger partial charge in [0.05, 0.1) is 0 Å². The fourth-order valence-electron chi connectivity index (χ4n) is 2.67. The van der Waals surface area contributed by atoms with E-state index in [1.807, 2.05) is 0 Å². The third kappa shape index (κ3) is 10.2. The average molecular weight is 302 g/mol. The van der Waals surface area contributed by atoms with Crippen LogP contribution in [0.2, 0.25) is 8.41 Å². The van der Waals surface area contributed by atoms with Gasteiger partial charge in [-0.2, -0.15) is 0 Å². The van der Waals surface area contributed by atoms with E-state index in [4.69, 9.17) is 0 Å². The van der Waals surface area contributed by atoms with Crippen LogP contribution >= 0.6 is 0 Å². The molecule has 0 radical (unpaired) electrons. The molecule has 0 aliphatic carbocycles. The van der Waals surface area contributed by atoms with E-state index in [9.17, 15) is 0 Å². The Bertz CT molecular complexity index is 162. The van der Waals surface area contributed by atoms with Gasteiger partial charge in [0, 0.05) is 0 Å². The fraction of sp³-hybridized carbons (Fsp3) is 1.00. The van der Waals surface area contributed by atoms with Gasteiger partial charge in [-0.3, -0.25) is 0 Å². The van der Waals surface area contributed by atoms with Crippen molar-refractivity contribution in [2.75, 3.05) is 0 Å². The molecule has 0 aliphatic heterocycles. The molecule has 0 amide bonds. The molecule has 0 aliphatic rings. The second-order valence-corrected chi connectivity index (χ2v) is 13.0. The molecule has 0 nitrogen and oxygen atoms in total. The standard InChI is InChI=1S/C16H35As/c1-7-9-11-13-15(3,4)17-16(5,6)14-12-10-8-2/h17H,7-14H2,1-6H3. The molecule has 0 N–H and O–H groups in total. The topological polar surface area (TPSA) is 0 Å². The first-order chi connectivity index (χ1) is 7.83. The predicted molar refractivity (Wildman–Crippen MR) is 83.5 cm³/mol. The van der Waals surface area contributed by atoms with Crippen LogP contribution in [0.4, 0.5) is 0 Å². The van der Waals surface area contributed by atoms with Crippen molar-refractivity contribution < 1.29 is 0 Å². The van der Waals surface area contributed by atoms with Gasteiger partial charge in [-0.1, -0.05) is 0 Å². The summed E-state index contributed by atoms with van der Waals surface area (Å²) in [5.41, 5.74) is 0. The zero-order valence-corrected chi connectivity index (χ0v) is 15.3. The average Bonchev–Trinajstić information content (AvgIpc) is 2.16. The van der Waals surface area contributed by atoms with Gasteiger partial charge in [-0.05, 0) is 0 Å². The van der Waals surface area contributed by atoms with E-state index in [1.54, 1.807) is 0 Å². The van der Waals surface area contributed by atoms with E-state index in [1.165, 1.54) is 51.4 Å². The third-order valence-corrected chi connectivity index (χ3v) is 7.38. The molecule has 0 spiro atoms. The molecule has 0 saturated heterocycles. The maximum atomic E-state index is 2.52. The van der Waals surface area contributed by atoms with Crippen LogP contribution in [0.5, 0.6) is 0 Å². The Kier molecular flexibility index (Phi) is 8.91. The normalized spacial score (nSPS) is 13.1. The number of rotatable bonds is 10. The Labute approximate surface area is 117 Å². The van der Waals surface area contributed by atoms with Gasteiger partial charge in [-0.15, -0.1) is 0 Å². The van der Waals surface area contributed by atoms with Crippen molar-refractivity contribution in [2.24, 2.45) is 0 Å². The Morgan fingerprint density at radius 2 is 1.00 bits per heavy atom. The monoisotopic (exact) mass is 302 g/mol. The molecule has 0 aromatic rings. The Morgan fingerprint density at radius 1 is 0.647 bits per heavy atom. The van der Waals surface area contributed by atoms with Gasteiger partial charge in [0.25, 0.3) is 0 Å². The number of unbranched alkanes of at least 4 members (excludes halogenated alkanes) is 4. The van der Waals surface area contributed by atoms with Crippen molar-refractivity contribution in [3.05, 3.63) is 0 Å². The molecule has 0 heterocycles. The zero-order chi connectivity index (χ0) is 13.4. The van der Waals surface area contributed by atoms with E-state index in [0.29, 0.717) is 8.41 Å². The van der Waals surface area contributed by atoms with E-state index in [2.05, 4.69) is 41.5 Å². The molecule has 17 heavy (non-hydrogen) atoms. The van der Waals surface area contributed by atoms with Gasteiger partial charge >= 0.3 is 117 Å². The summed E-state index contributed by atoms with van der Waals surface area (Å²) >= 11 is 0.148. The quantitative estimate of drug-likeness (QED) is 0.344. The second-order valence-electron chi connectivity index (χ2n) is 6.81. The van der Waals surface area contributed by atoms with Crippen molar-refractivity contribution in [2.45, 2.75) is 101 Å². The molecule has 0 atom stereocenters. The zero-order valence-electron chi connectivity index (χ0n) is 13.2. The van der Waals surface area contributed by atoms with Gasteiger partial charge in [-0.25, -0.2) is 0 Å². The minimum absolute atomic E-state index is 0.148. The molecular formula is C16H35As. The van der Waals surface area contributed by atoms with Crippen LogP contribution in [-0.4, -0.2) is 15.8 Å². The van der Waals surface area contributed by atoms with Crippen molar-refractivity contribution >= 4 is 15.8 Å². The molecule has 0 aromatic carbocycles. The number of hydrogen-bond donors (Lipinski definition) is 0. The summed E-state index contributed by atoms with van der Waals surface area (Å²) in [6.45, 7) is 14.7. The van der Waals surface area contributed by atoms with Crippen molar-refractivity contribution in [1.29, 1.82) is 0 Å². The summed E-state index contributed by atoms with van der Waals surface area (Å²) in [7, 11) is 0. The minimum atomic E-state index is 0.148. The molecule has 0 saturated carbocycles. The van der Waals surface area contributed by atoms with Crippen LogP contribution in [0, 0.1) is 0 Å². The molecule has 1 heteroatoms. The van der Waals surface area contributed by atoms with Gasteiger partial charge < -0.3 is 0 Å². The molecule has 0 bridgehead atoms. The summed E-state index contributed by atoms with van der Waals surface area (Å²) in [5.74, 6) is 0. The van der Waals surface area contributed by atoms with Crippen LogP contribution in [-0.2, 0) is 0 Å². The molecule has 0 aromatic heterocycles. The van der Waals surface area contributed by atoms with E-state index in [-0.39, 0.29) is 15.8 Å². The summed E-state index contributed by atoms with van der Waals surface area (Å²) < 4.78 is 1.32. The van der Waals surface area contributed by atoms with Crippen LogP contribution < -0.4 is 0 Å². The predicted octanol–water partition coefficient (Wildman–Crippen LogP) is 5.98. The maximum absolute atomic E-state index is 2.52. The molecule has 0 unspecified atom stereocenters. The SMILES string of the molecule is CCCCCC(C)(C)[AsH]C(C)(C)CCCCC. The van der Waals surface area contributed by atoms with Gasteiger partial charge in [0.1, 0.15) is 0 Å². The summed E-state index contributed by atoms with van der Waals surface area (Å²) in [6, 6.07) is 0. The van der Waals surface area contributed by atoms with Gasteiger partial charge in [0.15, 0.2) is 0 Å². The van der Waals surface area contributed by atoms with Crippen molar-refractivity contribution in [1.82, 2.24) is 0 Å². The summed E-state index contributed by atoms with van der Waals surface area (Å²) in [6.07, 6.45) is 11.4. The first-order valence-corrected chi connectivity index (χ1v) is 9.72. The third-order valence-electron chi connectivity index (χ3n) is 3.49. The second kappa shape index (κ2) is 8.62. The molecular weight excluding hydrogens is 267 g/mol. The summed E-state index contributed by atoms with van der Waals surface area (Å²) in [5, 5.41) is 0. The van der Waals surface area contributed by atoms with Crippen molar-refractivity contribution in [3.63, 3.8) is 0 Å².